The molecule has 0 aromatic heterocycles. The summed E-state index contributed by atoms with van der Waals surface area (Å²) >= 11 is 18.3. The number of carbonyl (C=O) groups excluding carboxylic acids is 1. The van der Waals surface area contributed by atoms with Crippen molar-refractivity contribution < 1.29 is 4.79 Å². The number of halogens is 3. The molecule has 4 aromatic rings. The van der Waals surface area contributed by atoms with Crippen LogP contribution in [0, 0.1) is 0 Å². The normalized spacial score (nSPS) is 15.2. The molecule has 5 rings (SSSR count). The molecular weight excluding hydrogens is 527 g/mol. The highest BCUT2D eigenvalue weighted by molar-refractivity contribution is 6.33. The summed E-state index contributed by atoms with van der Waals surface area (Å²) in [5.41, 5.74) is 7.76. The van der Waals surface area contributed by atoms with Crippen LogP contribution in [0.4, 0.5) is 5.69 Å². The molecule has 184 valence electrons. The van der Waals surface area contributed by atoms with E-state index >= 15 is 0 Å². The maximum Gasteiger partial charge on any atom is 0.272 e. The molecule has 0 fully saturated rings. The van der Waals surface area contributed by atoms with Crippen molar-refractivity contribution in [3.8, 4) is 0 Å². The van der Waals surface area contributed by atoms with Gasteiger partial charge in [-0.25, -0.2) is 5.43 Å². The summed E-state index contributed by atoms with van der Waals surface area (Å²) in [5, 5.41) is 12.8. The summed E-state index contributed by atoms with van der Waals surface area (Å²) in [6.45, 7) is 0. The van der Waals surface area contributed by atoms with Gasteiger partial charge in [-0.2, -0.15) is 10.2 Å². The van der Waals surface area contributed by atoms with Gasteiger partial charge in [-0.05, 0) is 65.2 Å². The zero-order valence-electron chi connectivity index (χ0n) is 19.5. The van der Waals surface area contributed by atoms with Crippen LogP contribution < -0.4 is 10.4 Å². The Balaban J connectivity index is 1.36. The molecule has 8 heteroatoms. The lowest BCUT2D eigenvalue weighted by Gasteiger charge is -2.24. The summed E-state index contributed by atoms with van der Waals surface area (Å²) < 4.78 is 0. The Morgan fingerprint density at radius 1 is 0.865 bits per heavy atom. The number of carbonyl (C=O) groups is 1. The molecule has 1 N–H and O–H groups in total. The molecule has 1 heterocycles. The number of benzene rings is 4. The van der Waals surface area contributed by atoms with Crippen molar-refractivity contribution in [3.05, 3.63) is 134 Å². The first-order valence-electron chi connectivity index (χ1n) is 11.5. The van der Waals surface area contributed by atoms with Crippen molar-refractivity contribution in [1.82, 2.24) is 5.43 Å². The lowest BCUT2D eigenvalue weighted by molar-refractivity contribution is 0.0955. The van der Waals surface area contributed by atoms with E-state index in [0.717, 1.165) is 34.5 Å². The maximum absolute atomic E-state index is 12.3. The van der Waals surface area contributed by atoms with Crippen molar-refractivity contribution in [2.45, 2.75) is 12.5 Å². The number of hydrazone groups is 2. The highest BCUT2D eigenvalue weighted by atomic mass is 35.5. The van der Waals surface area contributed by atoms with Crippen molar-refractivity contribution in [1.29, 1.82) is 0 Å². The van der Waals surface area contributed by atoms with Gasteiger partial charge in [0.1, 0.15) is 0 Å². The van der Waals surface area contributed by atoms with Gasteiger partial charge in [-0.3, -0.25) is 9.80 Å². The first kappa shape index (κ1) is 25.0. The second kappa shape index (κ2) is 11.2. The number of amides is 1. The lowest BCUT2D eigenvalue weighted by Crippen LogP contribution is -2.18. The van der Waals surface area contributed by atoms with Crippen LogP contribution in [0.25, 0.3) is 0 Å². The van der Waals surface area contributed by atoms with E-state index in [1.54, 1.807) is 30.5 Å². The standard InChI is InChI=1S/C29H21Cl3N4O/c30-22-11-7-20(8-12-22)27-17-28(21-9-13-23(31)14-10-21)36(35-27)24-15-5-19(6-16-24)18-33-34-29(37)25-3-1-2-4-26(25)32/h1-16,18,28H,17H2,(H,34,37)/b33-18+. The average Bonchev–Trinajstić information content (AvgIpc) is 3.35. The zero-order chi connectivity index (χ0) is 25.8. The Morgan fingerprint density at radius 3 is 2.19 bits per heavy atom. The van der Waals surface area contributed by atoms with Gasteiger partial charge in [0.2, 0.25) is 0 Å². The summed E-state index contributed by atoms with van der Waals surface area (Å²) in [4.78, 5) is 12.3. The minimum atomic E-state index is -0.370. The number of nitrogens with one attached hydrogen (secondary N) is 1. The molecule has 0 saturated heterocycles. The zero-order valence-corrected chi connectivity index (χ0v) is 21.8. The average molecular weight is 548 g/mol. The number of rotatable bonds is 6. The van der Waals surface area contributed by atoms with Crippen LogP contribution in [-0.4, -0.2) is 17.8 Å². The molecular formula is C29H21Cl3N4O. The highest BCUT2D eigenvalue weighted by Gasteiger charge is 2.30. The molecule has 1 unspecified atom stereocenters. The third-order valence-electron chi connectivity index (χ3n) is 6.00. The summed E-state index contributed by atoms with van der Waals surface area (Å²) in [6, 6.07) is 30.2. The van der Waals surface area contributed by atoms with Gasteiger partial charge in [0.05, 0.1) is 34.2 Å². The van der Waals surface area contributed by atoms with E-state index in [-0.39, 0.29) is 11.9 Å². The molecule has 1 amide bonds. The molecule has 4 aromatic carbocycles. The van der Waals surface area contributed by atoms with E-state index in [1.807, 2.05) is 77.8 Å². The summed E-state index contributed by atoms with van der Waals surface area (Å²) in [5.74, 6) is -0.370. The monoisotopic (exact) mass is 546 g/mol. The fourth-order valence-corrected chi connectivity index (χ4v) is 4.57. The van der Waals surface area contributed by atoms with Crippen LogP contribution in [-0.2, 0) is 0 Å². The molecule has 0 radical (unpaired) electrons. The van der Waals surface area contributed by atoms with Gasteiger partial charge in [0, 0.05) is 16.5 Å². The molecule has 0 spiro atoms. The quantitative estimate of drug-likeness (QED) is 0.198. The minimum absolute atomic E-state index is 0.0115. The van der Waals surface area contributed by atoms with Gasteiger partial charge >= 0.3 is 0 Å². The van der Waals surface area contributed by atoms with E-state index in [1.165, 1.54) is 0 Å². The van der Waals surface area contributed by atoms with Gasteiger partial charge in [0.15, 0.2) is 0 Å². The second-order valence-corrected chi connectivity index (χ2v) is 9.72. The fraction of sp³-hybridized carbons (Fsp3) is 0.0690. The number of anilines is 1. The highest BCUT2D eigenvalue weighted by Crippen LogP contribution is 2.37. The van der Waals surface area contributed by atoms with E-state index in [0.29, 0.717) is 20.6 Å². The Hall–Kier alpha value is -3.64. The summed E-state index contributed by atoms with van der Waals surface area (Å²) in [6.07, 6.45) is 2.32. The molecule has 0 saturated carbocycles. The third kappa shape index (κ3) is 5.86. The molecule has 1 aliphatic rings. The third-order valence-corrected chi connectivity index (χ3v) is 6.83. The molecule has 0 aliphatic carbocycles. The van der Waals surface area contributed by atoms with Crippen LogP contribution in [0.3, 0.4) is 0 Å². The SMILES string of the molecule is O=C(N/N=C/c1ccc(N2N=C(c3ccc(Cl)cc3)CC2c2ccc(Cl)cc2)cc1)c1ccccc1Cl. The second-order valence-electron chi connectivity index (χ2n) is 8.44. The largest absolute Gasteiger partial charge is 0.272 e. The maximum atomic E-state index is 12.3. The Bertz CT molecular complexity index is 1470. The number of hydrogen-bond donors (Lipinski definition) is 1. The number of hydrogen-bond acceptors (Lipinski definition) is 4. The first-order chi connectivity index (χ1) is 18.0. The van der Waals surface area contributed by atoms with Crippen molar-refractivity contribution in [2.75, 3.05) is 5.01 Å². The van der Waals surface area contributed by atoms with E-state index in [9.17, 15) is 4.79 Å². The minimum Gasteiger partial charge on any atom is -0.267 e. The fourth-order valence-electron chi connectivity index (χ4n) is 4.09. The van der Waals surface area contributed by atoms with Crippen LogP contribution >= 0.6 is 34.8 Å². The number of nitrogens with zero attached hydrogens (tertiary/aromatic N) is 3. The van der Waals surface area contributed by atoms with Gasteiger partial charge in [-0.15, -0.1) is 0 Å². The van der Waals surface area contributed by atoms with Crippen molar-refractivity contribution in [2.24, 2.45) is 10.2 Å². The van der Waals surface area contributed by atoms with Crippen molar-refractivity contribution in [3.63, 3.8) is 0 Å². The Morgan fingerprint density at radius 2 is 1.51 bits per heavy atom. The molecule has 1 aliphatic heterocycles. The van der Waals surface area contributed by atoms with Crippen molar-refractivity contribution >= 4 is 58.3 Å². The molecule has 1 atom stereocenters. The first-order valence-corrected chi connectivity index (χ1v) is 12.7. The van der Waals surface area contributed by atoms with Gasteiger partial charge in [0.25, 0.3) is 5.91 Å². The lowest BCUT2D eigenvalue weighted by atomic mass is 9.98. The predicted octanol–water partition coefficient (Wildman–Crippen LogP) is 7.77. The Labute approximate surface area is 230 Å². The molecule has 0 bridgehead atoms. The van der Waals surface area contributed by atoms with E-state index in [4.69, 9.17) is 39.9 Å². The molecule has 5 nitrogen and oxygen atoms in total. The Kier molecular flexibility index (Phi) is 7.56. The van der Waals surface area contributed by atoms with Crippen LogP contribution in [0.5, 0.6) is 0 Å². The van der Waals surface area contributed by atoms with Crippen LogP contribution in [0.2, 0.25) is 15.1 Å². The van der Waals surface area contributed by atoms with Crippen LogP contribution in [0.1, 0.15) is 39.5 Å². The van der Waals surface area contributed by atoms with E-state index < -0.39 is 0 Å². The predicted molar refractivity (Wildman–Crippen MR) is 152 cm³/mol. The van der Waals surface area contributed by atoms with E-state index in [2.05, 4.69) is 10.5 Å². The smallest absolute Gasteiger partial charge is 0.267 e. The van der Waals surface area contributed by atoms with Gasteiger partial charge < -0.3 is 0 Å². The molecule has 37 heavy (non-hydrogen) atoms. The summed E-state index contributed by atoms with van der Waals surface area (Å²) in [7, 11) is 0. The van der Waals surface area contributed by atoms with Crippen LogP contribution in [0.15, 0.2) is 107 Å². The van der Waals surface area contributed by atoms with Gasteiger partial charge in [-0.1, -0.05) is 83.3 Å². The topological polar surface area (TPSA) is 57.1 Å².